The van der Waals surface area contributed by atoms with E-state index in [0.29, 0.717) is 0 Å². The van der Waals surface area contributed by atoms with Crippen LogP contribution in [0.5, 0.6) is 0 Å². The molecule has 0 aliphatic heterocycles. The first kappa shape index (κ1) is 9.69. The summed E-state index contributed by atoms with van der Waals surface area (Å²) in [6.07, 6.45) is 1.42. The van der Waals surface area contributed by atoms with Crippen LogP contribution in [0, 0.1) is 0 Å². The minimum atomic E-state index is -0.978. The number of amides is 1. The Kier molecular flexibility index (Phi) is 3.17. The molecule has 1 amide bonds. The minimum Gasteiger partial charge on any atom is -0.410 e. The van der Waals surface area contributed by atoms with Gasteiger partial charge in [0.25, 0.3) is 5.91 Å². The lowest BCUT2D eigenvalue weighted by Crippen LogP contribution is -2.13. The molecule has 0 aliphatic carbocycles. The molecule has 70 valence electrons. The number of aromatic nitrogens is 1. The third-order valence-corrected chi connectivity index (χ3v) is 1.35. The Labute approximate surface area is 78.3 Å². The second-order valence-electron chi connectivity index (χ2n) is 2.16. The molecule has 1 aromatic rings. The van der Waals surface area contributed by atoms with E-state index in [-0.39, 0.29) is 11.4 Å². The van der Waals surface area contributed by atoms with Gasteiger partial charge in [0.2, 0.25) is 0 Å². The number of rotatable bonds is 2. The van der Waals surface area contributed by atoms with E-state index in [1.807, 2.05) is 0 Å². The topological polar surface area (TPSA) is 111 Å². The molecule has 0 radical (unpaired) electrons. The second-order valence-corrected chi connectivity index (χ2v) is 2.16. The standard InChI is InChI=1S/C7H5N5O2/c8-12-10-7(13)6(11-14)5-3-1-2-4-9-5/h1-4,14H/b11-6-. The van der Waals surface area contributed by atoms with E-state index in [1.54, 1.807) is 12.1 Å². The van der Waals surface area contributed by atoms with Crippen molar-refractivity contribution < 1.29 is 10.0 Å². The van der Waals surface area contributed by atoms with Crippen molar-refractivity contribution in [1.82, 2.24) is 4.98 Å². The number of hydrogen-bond acceptors (Lipinski definition) is 4. The average Bonchev–Trinajstić information content (AvgIpc) is 2.21. The highest BCUT2D eigenvalue weighted by Crippen LogP contribution is 1.98. The smallest absolute Gasteiger partial charge is 0.273 e. The Hall–Kier alpha value is -2.40. The fourth-order valence-electron chi connectivity index (χ4n) is 0.794. The maximum absolute atomic E-state index is 11.0. The normalized spacial score (nSPS) is 10.4. The number of carbonyl (C=O) groups is 1. The van der Waals surface area contributed by atoms with Crippen molar-refractivity contribution in [2.75, 3.05) is 0 Å². The molecule has 0 aromatic carbocycles. The SMILES string of the molecule is [N-]=[N+]=NC(=O)/C(=N\O)c1ccccn1. The Bertz CT molecular complexity index is 407. The maximum Gasteiger partial charge on any atom is 0.273 e. The van der Waals surface area contributed by atoms with Crippen LogP contribution in [0.1, 0.15) is 5.69 Å². The zero-order chi connectivity index (χ0) is 10.4. The van der Waals surface area contributed by atoms with Gasteiger partial charge in [-0.3, -0.25) is 9.78 Å². The van der Waals surface area contributed by atoms with Crippen LogP contribution < -0.4 is 0 Å². The summed E-state index contributed by atoms with van der Waals surface area (Å²) in [4.78, 5) is 17.1. The van der Waals surface area contributed by atoms with Gasteiger partial charge in [-0.1, -0.05) is 11.2 Å². The van der Waals surface area contributed by atoms with E-state index in [0.717, 1.165) is 0 Å². The summed E-state index contributed by atoms with van der Waals surface area (Å²) >= 11 is 0. The molecule has 0 fully saturated rings. The van der Waals surface area contributed by atoms with Crippen molar-refractivity contribution >= 4 is 11.6 Å². The molecule has 14 heavy (non-hydrogen) atoms. The Morgan fingerprint density at radius 2 is 2.36 bits per heavy atom. The first-order chi connectivity index (χ1) is 6.79. The molecule has 1 heterocycles. The van der Waals surface area contributed by atoms with Gasteiger partial charge < -0.3 is 5.21 Å². The maximum atomic E-state index is 11.0. The highest BCUT2D eigenvalue weighted by molar-refractivity contribution is 6.44. The zero-order valence-corrected chi connectivity index (χ0v) is 6.90. The van der Waals surface area contributed by atoms with E-state index >= 15 is 0 Å². The van der Waals surface area contributed by atoms with E-state index in [4.69, 9.17) is 10.7 Å². The van der Waals surface area contributed by atoms with Crippen molar-refractivity contribution in [3.8, 4) is 0 Å². The molecule has 0 spiro atoms. The molecule has 1 rings (SSSR count). The molecule has 0 bridgehead atoms. The molecular formula is C7H5N5O2. The van der Waals surface area contributed by atoms with Gasteiger partial charge >= 0.3 is 0 Å². The van der Waals surface area contributed by atoms with Crippen LogP contribution in [0.25, 0.3) is 10.4 Å². The van der Waals surface area contributed by atoms with Gasteiger partial charge in [-0.05, 0) is 22.8 Å². The summed E-state index contributed by atoms with van der Waals surface area (Å²) in [5.74, 6) is -0.978. The highest BCUT2D eigenvalue weighted by Gasteiger charge is 2.13. The summed E-state index contributed by atoms with van der Waals surface area (Å²) in [6.45, 7) is 0. The molecule has 0 saturated heterocycles. The predicted octanol–water partition coefficient (Wildman–Crippen LogP) is 1.10. The van der Waals surface area contributed by atoms with Gasteiger partial charge in [0.05, 0.1) is 5.69 Å². The molecule has 0 atom stereocenters. The quantitative estimate of drug-likeness (QED) is 0.188. The monoisotopic (exact) mass is 191 g/mol. The van der Waals surface area contributed by atoms with Crippen molar-refractivity contribution in [1.29, 1.82) is 0 Å². The molecule has 7 nitrogen and oxygen atoms in total. The summed E-state index contributed by atoms with van der Waals surface area (Å²) in [5.41, 5.74) is 7.77. The van der Waals surface area contributed by atoms with Crippen molar-refractivity contribution in [3.63, 3.8) is 0 Å². The van der Waals surface area contributed by atoms with E-state index in [2.05, 4.69) is 20.2 Å². The molecule has 0 saturated carbocycles. The van der Waals surface area contributed by atoms with Gasteiger partial charge in [0.1, 0.15) is 0 Å². The first-order valence-electron chi connectivity index (χ1n) is 3.52. The van der Waals surface area contributed by atoms with Crippen LogP contribution in [0.2, 0.25) is 0 Å². The number of oxime groups is 1. The Morgan fingerprint density at radius 3 is 2.86 bits per heavy atom. The zero-order valence-electron chi connectivity index (χ0n) is 6.90. The highest BCUT2D eigenvalue weighted by atomic mass is 16.4. The van der Waals surface area contributed by atoms with Gasteiger partial charge in [-0.25, -0.2) is 0 Å². The lowest BCUT2D eigenvalue weighted by Gasteiger charge is -1.96. The molecule has 0 aliphatic rings. The van der Waals surface area contributed by atoms with Crippen molar-refractivity contribution in [2.45, 2.75) is 0 Å². The van der Waals surface area contributed by atoms with Crippen LogP contribution in [0.15, 0.2) is 34.7 Å². The van der Waals surface area contributed by atoms with Crippen LogP contribution in [-0.2, 0) is 4.79 Å². The number of carbonyl (C=O) groups excluding carboxylic acids is 1. The summed E-state index contributed by atoms with van der Waals surface area (Å²) in [6, 6.07) is 4.70. The van der Waals surface area contributed by atoms with E-state index in [9.17, 15) is 4.79 Å². The molecule has 7 heteroatoms. The van der Waals surface area contributed by atoms with E-state index in [1.165, 1.54) is 12.3 Å². The van der Waals surface area contributed by atoms with Crippen molar-refractivity contribution in [2.24, 2.45) is 10.3 Å². The molecule has 0 unspecified atom stereocenters. The van der Waals surface area contributed by atoms with Gasteiger partial charge in [-0.15, -0.1) is 0 Å². The fraction of sp³-hybridized carbons (Fsp3) is 0. The lowest BCUT2D eigenvalue weighted by molar-refractivity contribution is -0.112. The summed E-state index contributed by atoms with van der Waals surface area (Å²) in [5, 5.41) is 14.0. The number of pyridine rings is 1. The summed E-state index contributed by atoms with van der Waals surface area (Å²) in [7, 11) is 0. The van der Waals surface area contributed by atoms with Crippen LogP contribution in [0.3, 0.4) is 0 Å². The molecule has 1 aromatic heterocycles. The van der Waals surface area contributed by atoms with Gasteiger partial charge in [0, 0.05) is 11.1 Å². The van der Waals surface area contributed by atoms with Crippen LogP contribution in [0.4, 0.5) is 0 Å². The average molecular weight is 191 g/mol. The largest absolute Gasteiger partial charge is 0.410 e. The lowest BCUT2D eigenvalue weighted by atomic mass is 10.2. The van der Waals surface area contributed by atoms with Gasteiger partial charge in [-0.2, -0.15) is 0 Å². The number of azide groups is 1. The second kappa shape index (κ2) is 4.58. The number of nitrogens with zero attached hydrogens (tertiary/aromatic N) is 5. The molecular weight excluding hydrogens is 186 g/mol. The van der Waals surface area contributed by atoms with Crippen molar-refractivity contribution in [3.05, 3.63) is 40.5 Å². The minimum absolute atomic E-state index is 0.146. The van der Waals surface area contributed by atoms with Crippen LogP contribution in [-0.4, -0.2) is 21.8 Å². The third kappa shape index (κ3) is 2.05. The molecule has 1 N–H and O–H groups in total. The first-order valence-corrected chi connectivity index (χ1v) is 3.52. The summed E-state index contributed by atoms with van der Waals surface area (Å²) < 4.78 is 0. The predicted molar refractivity (Wildman–Crippen MR) is 46.7 cm³/mol. The fourth-order valence-corrected chi connectivity index (χ4v) is 0.794. The number of hydrogen-bond donors (Lipinski definition) is 1. The van der Waals surface area contributed by atoms with E-state index < -0.39 is 5.91 Å². The van der Waals surface area contributed by atoms with Gasteiger partial charge in [0.15, 0.2) is 5.71 Å². The Morgan fingerprint density at radius 1 is 1.57 bits per heavy atom. The third-order valence-electron chi connectivity index (χ3n) is 1.35. The van der Waals surface area contributed by atoms with Crippen LogP contribution >= 0.6 is 0 Å². The Balaban J connectivity index is 3.07.